The number of ketones is 1. The van der Waals surface area contributed by atoms with Crippen LogP contribution in [-0.2, 0) is 4.79 Å². The number of benzene rings is 2. The van der Waals surface area contributed by atoms with E-state index in [-0.39, 0.29) is 11.7 Å². The van der Waals surface area contributed by atoms with Crippen molar-refractivity contribution in [2.45, 2.75) is 12.8 Å². The van der Waals surface area contributed by atoms with Gasteiger partial charge in [0, 0.05) is 5.92 Å². The van der Waals surface area contributed by atoms with Gasteiger partial charge >= 0.3 is 0 Å². The minimum atomic E-state index is -0.0939. The molecular formula is C24H25BrOS2. The van der Waals surface area contributed by atoms with Gasteiger partial charge in [-0.25, -0.2) is 0 Å². The molecule has 0 aliphatic carbocycles. The Labute approximate surface area is 185 Å². The van der Waals surface area contributed by atoms with Gasteiger partial charge in [-0.1, -0.05) is 85.0 Å². The summed E-state index contributed by atoms with van der Waals surface area (Å²) in [5.74, 6) is 0.0673. The highest BCUT2D eigenvalue weighted by atomic mass is 79.9. The summed E-state index contributed by atoms with van der Waals surface area (Å²) in [5, 5.41) is 0. The second-order valence-corrected chi connectivity index (χ2v) is 8.85. The zero-order valence-electron chi connectivity index (χ0n) is 16.2. The highest BCUT2D eigenvalue weighted by molar-refractivity contribution is 9.12. The number of halogens is 1. The third-order valence-electron chi connectivity index (χ3n) is 4.20. The fraction of sp³-hybridized carbons (Fsp3) is 0.208. The lowest BCUT2D eigenvalue weighted by Gasteiger charge is -2.13. The molecule has 0 atom stereocenters. The summed E-state index contributed by atoms with van der Waals surface area (Å²) in [4.78, 5) is 13.1. The number of Topliss-reactive ketones (excluding diaryl/α,β-unsaturated/α-hetero) is 1. The number of carbonyl (C=O) groups is 1. The molecule has 2 aromatic rings. The van der Waals surface area contributed by atoms with E-state index in [1.54, 1.807) is 23.5 Å². The summed E-state index contributed by atoms with van der Waals surface area (Å²) in [6.07, 6.45) is 13.8. The molecule has 28 heavy (non-hydrogen) atoms. The third-order valence-corrected chi connectivity index (χ3v) is 7.66. The SMILES string of the molecule is CSC(SC)=C(Br)C(=O)C(C/C=C/c1ccccc1)C/C=C/c1ccccc1. The molecule has 0 radical (unpaired) electrons. The van der Waals surface area contributed by atoms with Crippen molar-refractivity contribution in [2.24, 2.45) is 5.92 Å². The van der Waals surface area contributed by atoms with Crippen LogP contribution in [0.3, 0.4) is 0 Å². The van der Waals surface area contributed by atoms with Crippen LogP contribution in [0.1, 0.15) is 24.0 Å². The van der Waals surface area contributed by atoms with E-state index >= 15 is 0 Å². The van der Waals surface area contributed by atoms with Crippen molar-refractivity contribution in [1.29, 1.82) is 0 Å². The summed E-state index contributed by atoms with van der Waals surface area (Å²) in [6.45, 7) is 0. The van der Waals surface area contributed by atoms with Gasteiger partial charge in [-0.15, -0.1) is 23.5 Å². The van der Waals surface area contributed by atoms with Crippen molar-refractivity contribution in [3.63, 3.8) is 0 Å². The highest BCUT2D eigenvalue weighted by Crippen LogP contribution is 2.33. The normalized spacial score (nSPS) is 11.4. The van der Waals surface area contributed by atoms with Crippen LogP contribution >= 0.6 is 39.5 Å². The number of rotatable bonds is 10. The van der Waals surface area contributed by atoms with Gasteiger partial charge in [0.1, 0.15) is 0 Å². The molecule has 0 amide bonds. The number of carbonyl (C=O) groups excluding carboxylic acids is 1. The zero-order valence-corrected chi connectivity index (χ0v) is 19.4. The second-order valence-electron chi connectivity index (χ2n) is 6.17. The molecule has 0 saturated carbocycles. The summed E-state index contributed by atoms with van der Waals surface area (Å²) in [6, 6.07) is 20.4. The Morgan fingerprint density at radius 2 is 1.29 bits per heavy atom. The molecule has 0 aromatic heterocycles. The van der Waals surface area contributed by atoms with Crippen molar-refractivity contribution in [1.82, 2.24) is 0 Å². The molecule has 1 nitrogen and oxygen atoms in total. The molecule has 0 aliphatic heterocycles. The Kier molecular flexibility index (Phi) is 10.5. The molecular weight excluding hydrogens is 448 g/mol. The second kappa shape index (κ2) is 12.9. The number of hydrogen-bond donors (Lipinski definition) is 0. The minimum Gasteiger partial charge on any atom is -0.293 e. The van der Waals surface area contributed by atoms with Gasteiger partial charge in [-0.05, 0) is 52.4 Å². The van der Waals surface area contributed by atoms with Crippen LogP contribution in [0.4, 0.5) is 0 Å². The van der Waals surface area contributed by atoms with E-state index in [0.29, 0.717) is 17.3 Å². The average Bonchev–Trinajstić information content (AvgIpc) is 2.74. The Morgan fingerprint density at radius 1 is 0.857 bits per heavy atom. The van der Waals surface area contributed by atoms with Gasteiger partial charge in [0.15, 0.2) is 5.78 Å². The van der Waals surface area contributed by atoms with Crippen molar-refractivity contribution < 1.29 is 4.79 Å². The molecule has 2 rings (SSSR count). The Bertz CT molecular complexity index is 769. The van der Waals surface area contributed by atoms with Gasteiger partial charge in [-0.3, -0.25) is 4.79 Å². The number of thioether (sulfide) groups is 2. The molecule has 0 N–H and O–H groups in total. The topological polar surface area (TPSA) is 17.1 Å². The first-order valence-corrected chi connectivity index (χ1v) is 12.3. The van der Waals surface area contributed by atoms with Crippen molar-refractivity contribution in [2.75, 3.05) is 12.5 Å². The Hall–Kier alpha value is -1.49. The lowest BCUT2D eigenvalue weighted by atomic mass is 9.95. The van der Waals surface area contributed by atoms with Gasteiger partial charge in [0.2, 0.25) is 0 Å². The third kappa shape index (κ3) is 7.50. The molecule has 4 heteroatoms. The van der Waals surface area contributed by atoms with Crippen molar-refractivity contribution in [3.05, 3.63) is 92.7 Å². The zero-order chi connectivity index (χ0) is 20.2. The molecule has 0 aliphatic rings. The van der Waals surface area contributed by atoms with E-state index in [4.69, 9.17) is 0 Å². The molecule has 0 saturated heterocycles. The maximum absolute atomic E-state index is 13.1. The van der Waals surface area contributed by atoms with E-state index in [9.17, 15) is 4.79 Å². The Balaban J connectivity index is 2.14. The quantitative estimate of drug-likeness (QED) is 0.330. The van der Waals surface area contributed by atoms with Gasteiger partial charge < -0.3 is 0 Å². The smallest absolute Gasteiger partial charge is 0.175 e. The van der Waals surface area contributed by atoms with Gasteiger partial charge in [-0.2, -0.15) is 0 Å². The fourth-order valence-electron chi connectivity index (χ4n) is 2.72. The molecule has 0 heterocycles. The monoisotopic (exact) mass is 472 g/mol. The van der Waals surface area contributed by atoms with Crippen LogP contribution in [0.2, 0.25) is 0 Å². The van der Waals surface area contributed by atoms with E-state index in [1.807, 2.05) is 48.9 Å². The van der Waals surface area contributed by atoms with E-state index in [2.05, 4.69) is 64.5 Å². The van der Waals surface area contributed by atoms with Crippen molar-refractivity contribution in [3.8, 4) is 0 Å². The van der Waals surface area contributed by atoms with Crippen LogP contribution in [0.5, 0.6) is 0 Å². The maximum Gasteiger partial charge on any atom is 0.175 e. The van der Waals surface area contributed by atoms with Gasteiger partial charge in [0.25, 0.3) is 0 Å². The summed E-state index contributed by atoms with van der Waals surface area (Å²) < 4.78 is 1.72. The van der Waals surface area contributed by atoms with Crippen LogP contribution in [0, 0.1) is 5.92 Å². The first kappa shape index (κ1) is 22.8. The molecule has 146 valence electrons. The van der Waals surface area contributed by atoms with Crippen LogP contribution in [-0.4, -0.2) is 18.3 Å². The molecule has 0 fully saturated rings. The highest BCUT2D eigenvalue weighted by Gasteiger charge is 2.21. The van der Waals surface area contributed by atoms with Gasteiger partial charge in [0.05, 0.1) is 8.72 Å². The van der Waals surface area contributed by atoms with Crippen LogP contribution in [0.15, 0.2) is 81.5 Å². The average molecular weight is 474 g/mol. The van der Waals surface area contributed by atoms with E-state index in [0.717, 1.165) is 15.4 Å². The summed E-state index contributed by atoms with van der Waals surface area (Å²) in [5.41, 5.74) is 2.30. The standard InChI is InChI=1S/C24H25BrOS2/c1-27-24(28-2)22(25)23(26)21(17-9-15-19-11-5-3-6-12-19)18-10-16-20-13-7-4-8-14-20/h3-16,21H,17-18H2,1-2H3/b15-9+,16-10+. The van der Waals surface area contributed by atoms with Crippen LogP contribution < -0.4 is 0 Å². The first-order valence-electron chi connectivity index (χ1n) is 9.10. The Morgan fingerprint density at radius 3 is 1.68 bits per heavy atom. The number of allylic oxidation sites excluding steroid dienone is 3. The van der Waals surface area contributed by atoms with Crippen molar-refractivity contribution >= 4 is 57.4 Å². The van der Waals surface area contributed by atoms with Crippen LogP contribution in [0.25, 0.3) is 12.2 Å². The fourth-order valence-corrected chi connectivity index (χ4v) is 5.24. The minimum absolute atomic E-state index is 0.0939. The van der Waals surface area contributed by atoms with E-state index in [1.165, 1.54) is 0 Å². The summed E-state index contributed by atoms with van der Waals surface area (Å²) in [7, 11) is 0. The molecule has 0 spiro atoms. The predicted molar refractivity (Wildman–Crippen MR) is 132 cm³/mol. The molecule has 0 unspecified atom stereocenters. The molecule has 0 bridgehead atoms. The van der Waals surface area contributed by atoms with E-state index < -0.39 is 0 Å². The maximum atomic E-state index is 13.1. The first-order chi connectivity index (χ1) is 13.7. The predicted octanol–water partition coefficient (Wildman–Crippen LogP) is 7.67. The number of hydrogen-bond acceptors (Lipinski definition) is 3. The molecule has 2 aromatic carbocycles. The summed E-state index contributed by atoms with van der Waals surface area (Å²) >= 11 is 6.75. The lowest BCUT2D eigenvalue weighted by Crippen LogP contribution is -2.14. The lowest BCUT2D eigenvalue weighted by molar-refractivity contribution is -0.118. The largest absolute Gasteiger partial charge is 0.293 e.